The van der Waals surface area contributed by atoms with Crippen LogP contribution in [0.5, 0.6) is 0 Å². The summed E-state index contributed by atoms with van der Waals surface area (Å²) in [7, 11) is 0. The highest BCUT2D eigenvalue weighted by Gasteiger charge is 2.25. The van der Waals surface area contributed by atoms with Gasteiger partial charge in [-0.3, -0.25) is 4.79 Å². The summed E-state index contributed by atoms with van der Waals surface area (Å²) in [6.45, 7) is 1.77. The van der Waals surface area contributed by atoms with Crippen LogP contribution in [0.1, 0.15) is 24.0 Å². The summed E-state index contributed by atoms with van der Waals surface area (Å²) in [5, 5.41) is 0. The van der Waals surface area contributed by atoms with E-state index in [2.05, 4.69) is 4.98 Å². The summed E-state index contributed by atoms with van der Waals surface area (Å²) < 4.78 is 11.6. The Kier molecular flexibility index (Phi) is 5.30. The van der Waals surface area contributed by atoms with Crippen LogP contribution in [-0.2, 0) is 16.0 Å². The Balaban J connectivity index is 1.33. The summed E-state index contributed by atoms with van der Waals surface area (Å²) in [4.78, 5) is 18.8. The molecule has 138 valence electrons. The number of hydrogen-bond acceptors (Lipinski definition) is 4. The topological polar surface area (TPSA) is 55.6 Å². The quantitative estimate of drug-likeness (QED) is 0.691. The highest BCUT2D eigenvalue weighted by Crippen LogP contribution is 2.23. The van der Waals surface area contributed by atoms with Gasteiger partial charge in [0.2, 0.25) is 5.91 Å². The predicted octanol–water partition coefficient (Wildman–Crippen LogP) is 3.87. The number of benzene rings is 2. The molecule has 1 aromatic heterocycles. The van der Waals surface area contributed by atoms with E-state index < -0.39 is 0 Å². The Morgan fingerprint density at radius 1 is 1.07 bits per heavy atom. The molecule has 1 aliphatic heterocycles. The van der Waals surface area contributed by atoms with Gasteiger partial charge in [0.15, 0.2) is 11.7 Å². The number of carbonyl (C=O) groups is 1. The third-order valence-electron chi connectivity index (χ3n) is 4.76. The molecule has 1 amide bonds. The number of amides is 1. The molecule has 0 unspecified atom stereocenters. The third kappa shape index (κ3) is 4.26. The highest BCUT2D eigenvalue weighted by molar-refractivity contribution is 5.76. The van der Waals surface area contributed by atoms with Crippen LogP contribution in [0.2, 0.25) is 0 Å². The first kappa shape index (κ1) is 17.5. The van der Waals surface area contributed by atoms with E-state index >= 15 is 0 Å². The van der Waals surface area contributed by atoms with E-state index in [-0.39, 0.29) is 12.0 Å². The Morgan fingerprint density at radius 2 is 1.81 bits per heavy atom. The lowest BCUT2D eigenvalue weighted by atomic mass is 10.1. The van der Waals surface area contributed by atoms with Gasteiger partial charge in [-0.25, -0.2) is 4.98 Å². The van der Waals surface area contributed by atoms with Gasteiger partial charge in [-0.1, -0.05) is 60.7 Å². The molecule has 0 saturated carbocycles. The smallest absolute Gasteiger partial charge is 0.223 e. The Bertz CT molecular complexity index is 877. The van der Waals surface area contributed by atoms with Crippen LogP contribution in [0.25, 0.3) is 11.3 Å². The highest BCUT2D eigenvalue weighted by atomic mass is 16.5. The van der Waals surface area contributed by atoms with Crippen molar-refractivity contribution in [3.05, 3.63) is 78.3 Å². The van der Waals surface area contributed by atoms with Crippen molar-refractivity contribution in [3.8, 4) is 11.3 Å². The molecule has 5 nitrogen and oxygen atoms in total. The fourth-order valence-electron chi connectivity index (χ4n) is 3.28. The lowest BCUT2D eigenvalue weighted by Crippen LogP contribution is -2.42. The molecule has 0 bridgehead atoms. The van der Waals surface area contributed by atoms with Gasteiger partial charge < -0.3 is 14.1 Å². The monoisotopic (exact) mass is 362 g/mol. The average molecular weight is 362 g/mol. The molecule has 2 heterocycles. The maximum absolute atomic E-state index is 12.6. The van der Waals surface area contributed by atoms with Crippen LogP contribution < -0.4 is 0 Å². The molecular weight excluding hydrogens is 340 g/mol. The second-order valence-corrected chi connectivity index (χ2v) is 6.59. The van der Waals surface area contributed by atoms with Crippen molar-refractivity contribution in [1.29, 1.82) is 0 Å². The van der Waals surface area contributed by atoms with Gasteiger partial charge in [-0.2, -0.15) is 0 Å². The molecule has 1 fully saturated rings. The summed E-state index contributed by atoms with van der Waals surface area (Å²) >= 11 is 0. The average Bonchev–Trinajstić information content (AvgIpc) is 3.22. The second-order valence-electron chi connectivity index (χ2n) is 6.59. The number of oxazole rings is 1. The summed E-state index contributed by atoms with van der Waals surface area (Å²) in [5.41, 5.74) is 2.09. The molecule has 5 heteroatoms. The van der Waals surface area contributed by atoms with Gasteiger partial charge in [0.25, 0.3) is 0 Å². The number of carbonyl (C=O) groups excluding carboxylic acids is 1. The number of morpholine rings is 1. The number of hydrogen-bond donors (Lipinski definition) is 0. The van der Waals surface area contributed by atoms with E-state index in [0.717, 1.165) is 16.9 Å². The number of ether oxygens (including phenoxy) is 1. The molecule has 1 atom stereocenters. The van der Waals surface area contributed by atoms with Gasteiger partial charge in [0, 0.05) is 24.9 Å². The first-order valence-electron chi connectivity index (χ1n) is 9.24. The number of aryl methyl sites for hydroxylation is 1. The van der Waals surface area contributed by atoms with E-state index in [9.17, 15) is 4.79 Å². The minimum atomic E-state index is -0.0599. The fraction of sp³-hybridized carbons (Fsp3) is 0.273. The largest absolute Gasteiger partial charge is 0.441 e. The zero-order valence-electron chi connectivity index (χ0n) is 15.1. The molecule has 1 aliphatic rings. The Morgan fingerprint density at radius 3 is 2.59 bits per heavy atom. The first-order chi connectivity index (χ1) is 13.3. The van der Waals surface area contributed by atoms with E-state index in [1.807, 2.05) is 65.6 Å². The van der Waals surface area contributed by atoms with Crippen molar-refractivity contribution in [2.45, 2.75) is 18.9 Å². The van der Waals surface area contributed by atoms with Crippen molar-refractivity contribution < 1.29 is 13.9 Å². The van der Waals surface area contributed by atoms with Crippen LogP contribution >= 0.6 is 0 Å². The third-order valence-corrected chi connectivity index (χ3v) is 4.76. The molecule has 4 rings (SSSR count). The van der Waals surface area contributed by atoms with E-state index in [1.54, 1.807) is 6.20 Å². The lowest BCUT2D eigenvalue weighted by Gasteiger charge is -2.33. The first-order valence-corrected chi connectivity index (χ1v) is 9.24. The Hall–Kier alpha value is -2.92. The molecule has 2 aromatic carbocycles. The van der Waals surface area contributed by atoms with Crippen LogP contribution in [0.3, 0.4) is 0 Å². The van der Waals surface area contributed by atoms with Crippen LogP contribution in [0, 0.1) is 0 Å². The van der Waals surface area contributed by atoms with E-state index in [4.69, 9.17) is 9.15 Å². The summed E-state index contributed by atoms with van der Waals surface area (Å²) in [6, 6.07) is 19.9. The predicted molar refractivity (Wildman–Crippen MR) is 102 cm³/mol. The fourth-order valence-corrected chi connectivity index (χ4v) is 3.28. The number of aromatic nitrogens is 1. The molecule has 0 N–H and O–H groups in total. The molecule has 0 radical (unpaired) electrons. The lowest BCUT2D eigenvalue weighted by molar-refractivity contribution is -0.139. The van der Waals surface area contributed by atoms with Gasteiger partial charge >= 0.3 is 0 Å². The zero-order valence-corrected chi connectivity index (χ0v) is 15.1. The normalized spacial score (nSPS) is 17.0. The van der Waals surface area contributed by atoms with Crippen molar-refractivity contribution >= 4 is 5.91 Å². The van der Waals surface area contributed by atoms with Crippen LogP contribution in [-0.4, -0.2) is 35.5 Å². The van der Waals surface area contributed by atoms with Crippen molar-refractivity contribution in [1.82, 2.24) is 9.88 Å². The summed E-state index contributed by atoms with van der Waals surface area (Å²) in [5.74, 6) is 1.43. The van der Waals surface area contributed by atoms with Crippen molar-refractivity contribution in [2.75, 3.05) is 19.7 Å². The number of rotatable bonds is 5. The minimum Gasteiger partial charge on any atom is -0.441 e. The molecule has 3 aromatic rings. The molecule has 1 saturated heterocycles. The zero-order chi connectivity index (χ0) is 18.5. The van der Waals surface area contributed by atoms with Crippen molar-refractivity contribution in [2.24, 2.45) is 0 Å². The van der Waals surface area contributed by atoms with Crippen molar-refractivity contribution in [3.63, 3.8) is 0 Å². The molecule has 0 aliphatic carbocycles. The Labute approximate surface area is 158 Å². The second kappa shape index (κ2) is 8.18. The van der Waals surface area contributed by atoms with Crippen LogP contribution in [0.15, 0.2) is 71.3 Å². The molecule has 27 heavy (non-hydrogen) atoms. The molecule has 0 spiro atoms. The van der Waals surface area contributed by atoms with Gasteiger partial charge in [-0.05, 0) is 5.56 Å². The van der Waals surface area contributed by atoms with Gasteiger partial charge in [-0.15, -0.1) is 0 Å². The van der Waals surface area contributed by atoms with Gasteiger partial charge in [0.1, 0.15) is 6.10 Å². The maximum atomic E-state index is 12.6. The molecular formula is C22H22N2O3. The SMILES string of the molecule is O=C(CCc1ncc(-c2ccccc2)o1)N1CCO[C@@H](c2ccccc2)C1. The number of nitrogens with zero attached hydrogens (tertiary/aromatic N) is 2. The van der Waals surface area contributed by atoms with Crippen LogP contribution in [0.4, 0.5) is 0 Å². The minimum absolute atomic E-state index is 0.0599. The van der Waals surface area contributed by atoms with Gasteiger partial charge in [0.05, 0.1) is 19.3 Å². The summed E-state index contributed by atoms with van der Waals surface area (Å²) in [6.07, 6.45) is 2.54. The maximum Gasteiger partial charge on any atom is 0.223 e. The van der Waals surface area contributed by atoms with E-state index in [1.165, 1.54) is 0 Å². The standard InChI is InChI=1S/C22H22N2O3/c25-22(24-13-14-26-20(16-24)18-9-5-2-6-10-18)12-11-21-23-15-19(27-21)17-7-3-1-4-8-17/h1-10,15,20H,11-14,16H2/t20-/m1/s1. The van der Waals surface area contributed by atoms with E-state index in [0.29, 0.717) is 38.4 Å².